The number of amides is 1. The van der Waals surface area contributed by atoms with E-state index in [0.717, 1.165) is 6.07 Å². The van der Waals surface area contributed by atoms with Gasteiger partial charge in [-0.3, -0.25) is 0 Å². The molecule has 0 aromatic heterocycles. The van der Waals surface area contributed by atoms with Crippen LogP contribution in [0.1, 0.15) is 26.3 Å². The van der Waals surface area contributed by atoms with Gasteiger partial charge in [-0.05, 0) is 27.2 Å². The number of hydrogen-bond acceptors (Lipinski definition) is 2. The van der Waals surface area contributed by atoms with Crippen molar-refractivity contribution in [2.75, 3.05) is 6.54 Å². The summed E-state index contributed by atoms with van der Waals surface area (Å²) < 4.78 is 43.4. The maximum absolute atomic E-state index is 12.8. The van der Waals surface area contributed by atoms with Crippen molar-refractivity contribution in [3.8, 4) is 0 Å². The van der Waals surface area contributed by atoms with Gasteiger partial charge < -0.3 is 23.0 Å². The lowest BCUT2D eigenvalue weighted by Gasteiger charge is -2.21. The van der Waals surface area contributed by atoms with Crippen LogP contribution in [0.5, 0.6) is 0 Å². The van der Waals surface area contributed by atoms with E-state index in [2.05, 4.69) is 5.32 Å². The van der Waals surface area contributed by atoms with Crippen LogP contribution >= 0.6 is 0 Å². The highest BCUT2D eigenvalue weighted by molar-refractivity contribution is 6.74. The summed E-state index contributed by atoms with van der Waals surface area (Å²) in [6.45, 7) is 0.205. The van der Waals surface area contributed by atoms with E-state index in [1.54, 1.807) is 26.8 Å². The minimum Gasteiger partial charge on any atom is -0.445 e. The molecule has 0 atom stereocenters. The number of carbonyl (C=O) groups is 1. The molecule has 0 aliphatic carbocycles. The van der Waals surface area contributed by atoms with E-state index in [9.17, 15) is 17.7 Å². The van der Waals surface area contributed by atoms with Gasteiger partial charge in [-0.2, -0.15) is 0 Å². The van der Waals surface area contributed by atoms with Gasteiger partial charge in [0.25, 0.3) is 0 Å². The molecule has 0 spiro atoms. The highest BCUT2D eigenvalue weighted by atomic mass is 19.4. The fraction of sp³-hybridized carbons (Fsp3) is 0.462. The number of ether oxygens (including phenoxy) is 1. The first-order valence-electron chi connectivity index (χ1n) is 6.34. The van der Waals surface area contributed by atoms with Crippen molar-refractivity contribution in [1.29, 1.82) is 0 Å². The monoisotopic (exact) mass is 288 g/mol. The van der Waals surface area contributed by atoms with E-state index < -0.39 is 24.1 Å². The molecule has 1 amide bonds. The average Bonchev–Trinajstić information content (AvgIpc) is 2.25. The van der Waals surface area contributed by atoms with Crippen molar-refractivity contribution in [2.24, 2.45) is 0 Å². The summed E-state index contributed by atoms with van der Waals surface area (Å²) in [4.78, 5) is 11.4. The summed E-state index contributed by atoms with van der Waals surface area (Å²) in [5.41, 5.74) is -1.06. The minimum atomic E-state index is -5.04. The average molecular weight is 288 g/mol. The Morgan fingerprint density at radius 1 is 1.25 bits per heavy atom. The van der Waals surface area contributed by atoms with Gasteiger partial charge in [0, 0.05) is 6.54 Å². The van der Waals surface area contributed by atoms with Crippen molar-refractivity contribution >= 4 is 18.5 Å². The van der Waals surface area contributed by atoms with Crippen molar-refractivity contribution in [1.82, 2.24) is 5.32 Å². The number of nitrogens with one attached hydrogen (secondary N) is 1. The molecular formula is C13H18BF3NO2-. The second-order valence-electron chi connectivity index (χ2n) is 5.45. The third kappa shape index (κ3) is 5.55. The maximum Gasteiger partial charge on any atom is 0.509 e. The Labute approximate surface area is 116 Å². The highest BCUT2D eigenvalue weighted by Crippen LogP contribution is 2.12. The number of carbonyl (C=O) groups excluding carboxylic acids is 1. The van der Waals surface area contributed by atoms with Crippen LogP contribution in [0.4, 0.5) is 17.7 Å². The number of hydrogen-bond donors (Lipinski definition) is 1. The van der Waals surface area contributed by atoms with Crippen LogP contribution in [0.15, 0.2) is 24.3 Å². The van der Waals surface area contributed by atoms with E-state index >= 15 is 0 Å². The smallest absolute Gasteiger partial charge is 0.445 e. The SMILES string of the molecule is CC(C)(C)OC(=O)NCCc1ccccc1[B-](F)(F)F. The van der Waals surface area contributed by atoms with Gasteiger partial charge in [-0.15, -0.1) is 5.46 Å². The third-order valence-corrected chi connectivity index (χ3v) is 2.47. The molecule has 112 valence electrons. The second kappa shape index (κ2) is 6.20. The van der Waals surface area contributed by atoms with Crippen LogP contribution in [0.2, 0.25) is 0 Å². The Balaban J connectivity index is 2.57. The molecule has 1 N–H and O–H groups in total. The summed E-state index contributed by atoms with van der Waals surface area (Å²) >= 11 is 0. The minimum absolute atomic E-state index is 0.0953. The van der Waals surface area contributed by atoms with Gasteiger partial charge in [0.2, 0.25) is 0 Å². The van der Waals surface area contributed by atoms with Crippen LogP contribution in [-0.2, 0) is 11.2 Å². The normalized spacial score (nSPS) is 12.1. The molecule has 20 heavy (non-hydrogen) atoms. The Morgan fingerprint density at radius 3 is 2.40 bits per heavy atom. The Hall–Kier alpha value is -1.66. The summed E-state index contributed by atoms with van der Waals surface area (Å²) in [5.74, 6) is 0. The number of rotatable bonds is 4. The number of alkyl carbamates (subject to hydrolysis) is 1. The molecule has 0 saturated heterocycles. The van der Waals surface area contributed by atoms with Crippen LogP contribution in [-0.4, -0.2) is 25.2 Å². The van der Waals surface area contributed by atoms with Crippen molar-refractivity contribution < 1.29 is 22.5 Å². The van der Waals surface area contributed by atoms with E-state index in [4.69, 9.17) is 4.74 Å². The van der Waals surface area contributed by atoms with Crippen molar-refractivity contribution in [2.45, 2.75) is 32.8 Å². The van der Waals surface area contributed by atoms with Gasteiger partial charge in [0.05, 0.1) is 0 Å². The molecule has 0 heterocycles. The fourth-order valence-electron chi connectivity index (χ4n) is 1.69. The molecule has 1 aromatic carbocycles. The topological polar surface area (TPSA) is 38.3 Å². The molecule has 1 rings (SSSR count). The van der Waals surface area contributed by atoms with Crippen LogP contribution in [0, 0.1) is 0 Å². The summed E-state index contributed by atoms with van der Waals surface area (Å²) in [5, 5.41) is 2.44. The molecule has 0 bridgehead atoms. The quantitative estimate of drug-likeness (QED) is 0.865. The zero-order chi connectivity index (χ0) is 15.4. The first kappa shape index (κ1) is 16.4. The first-order chi connectivity index (χ1) is 9.09. The van der Waals surface area contributed by atoms with E-state index in [1.165, 1.54) is 12.1 Å². The molecule has 0 aliphatic rings. The molecular weight excluding hydrogens is 270 g/mol. The molecule has 0 saturated carbocycles. The highest BCUT2D eigenvalue weighted by Gasteiger charge is 2.27. The Bertz CT molecular complexity index is 469. The van der Waals surface area contributed by atoms with Gasteiger partial charge >= 0.3 is 13.1 Å². The third-order valence-electron chi connectivity index (χ3n) is 2.47. The van der Waals surface area contributed by atoms with Crippen LogP contribution < -0.4 is 10.8 Å². The number of halogens is 3. The molecule has 0 fully saturated rings. The van der Waals surface area contributed by atoms with Crippen LogP contribution in [0.25, 0.3) is 0 Å². The predicted molar refractivity (Wildman–Crippen MR) is 73.1 cm³/mol. The van der Waals surface area contributed by atoms with E-state index in [0.29, 0.717) is 0 Å². The first-order valence-corrected chi connectivity index (χ1v) is 6.34. The zero-order valence-corrected chi connectivity index (χ0v) is 11.8. The summed E-state index contributed by atoms with van der Waals surface area (Å²) in [7, 11) is 0. The molecule has 3 nitrogen and oxygen atoms in total. The van der Waals surface area contributed by atoms with Gasteiger partial charge in [0.1, 0.15) is 5.60 Å². The molecule has 0 unspecified atom stereocenters. The van der Waals surface area contributed by atoms with Crippen molar-refractivity contribution in [3.05, 3.63) is 29.8 Å². The predicted octanol–water partition coefficient (Wildman–Crippen LogP) is 2.81. The maximum atomic E-state index is 12.8. The number of benzene rings is 1. The van der Waals surface area contributed by atoms with E-state index in [1.807, 2.05) is 0 Å². The Kier molecular flexibility index (Phi) is 5.08. The largest absolute Gasteiger partial charge is 0.509 e. The lowest BCUT2D eigenvalue weighted by Crippen LogP contribution is -2.38. The lowest BCUT2D eigenvalue weighted by molar-refractivity contribution is 0.0528. The van der Waals surface area contributed by atoms with Crippen LogP contribution in [0.3, 0.4) is 0 Å². The van der Waals surface area contributed by atoms with Gasteiger partial charge in [-0.25, -0.2) is 4.79 Å². The molecule has 1 aromatic rings. The lowest BCUT2D eigenvalue weighted by atomic mass is 9.76. The zero-order valence-electron chi connectivity index (χ0n) is 11.8. The molecule has 0 aliphatic heterocycles. The van der Waals surface area contributed by atoms with Gasteiger partial charge in [-0.1, -0.05) is 29.8 Å². The summed E-state index contributed by atoms with van der Waals surface area (Å²) in [6, 6.07) is 5.38. The fourth-order valence-corrected chi connectivity index (χ4v) is 1.69. The molecule has 7 heteroatoms. The summed E-state index contributed by atoms with van der Waals surface area (Å²) in [6.07, 6.45) is -0.524. The van der Waals surface area contributed by atoms with Gasteiger partial charge in [0.15, 0.2) is 0 Å². The van der Waals surface area contributed by atoms with Crippen molar-refractivity contribution in [3.63, 3.8) is 0 Å². The second-order valence-corrected chi connectivity index (χ2v) is 5.45. The Morgan fingerprint density at radius 2 is 1.85 bits per heavy atom. The standard InChI is InChI=1S/C13H18BF3NO2/c1-13(2,3)20-12(19)18-9-8-10-6-4-5-7-11(10)14(15,16)17/h4-7H,8-9H2,1-3H3,(H,18,19)/q-1. The molecule has 0 radical (unpaired) electrons. The van der Waals surface area contributed by atoms with E-state index in [-0.39, 0.29) is 18.5 Å².